The lowest BCUT2D eigenvalue weighted by molar-refractivity contribution is 0.557. The number of nitrogens with one attached hydrogen (secondary N) is 1. The van der Waals surface area contributed by atoms with Crippen LogP contribution in [0.25, 0.3) is 0 Å². The highest BCUT2D eigenvalue weighted by atomic mass is 15.0. The highest BCUT2D eigenvalue weighted by molar-refractivity contribution is 5.30. The Hall–Kier alpha value is -1.61. The first-order chi connectivity index (χ1) is 8.56. The minimum Gasteiger partial charge on any atom is -0.337 e. The summed E-state index contributed by atoms with van der Waals surface area (Å²) in [5, 5.41) is 3.54. The van der Waals surface area contributed by atoms with Crippen molar-refractivity contribution < 1.29 is 0 Å². The summed E-state index contributed by atoms with van der Waals surface area (Å²) in [5.41, 5.74) is 5.18. The molecular weight excluding hydrogens is 222 g/mol. The van der Waals surface area contributed by atoms with Crippen molar-refractivity contribution in [1.82, 2.24) is 14.9 Å². The van der Waals surface area contributed by atoms with E-state index in [1.165, 1.54) is 22.4 Å². The summed E-state index contributed by atoms with van der Waals surface area (Å²) in [7, 11) is 2.02. The molecule has 18 heavy (non-hydrogen) atoms. The summed E-state index contributed by atoms with van der Waals surface area (Å²) in [6, 6.07) is 7.04. The summed E-state index contributed by atoms with van der Waals surface area (Å²) in [6.07, 6.45) is 3.74. The predicted octanol–water partition coefficient (Wildman–Crippen LogP) is 2.89. The van der Waals surface area contributed by atoms with E-state index in [1.54, 1.807) is 0 Å². The van der Waals surface area contributed by atoms with Crippen molar-refractivity contribution in [3.05, 3.63) is 53.1 Å². The molecule has 3 heteroatoms. The van der Waals surface area contributed by atoms with Crippen molar-refractivity contribution in [1.29, 1.82) is 0 Å². The van der Waals surface area contributed by atoms with Gasteiger partial charge in [-0.2, -0.15) is 0 Å². The zero-order valence-electron chi connectivity index (χ0n) is 11.6. The molecule has 1 heterocycles. The molecule has 0 aliphatic carbocycles. The third kappa shape index (κ3) is 2.99. The maximum absolute atomic E-state index is 4.12. The Kier molecular flexibility index (Phi) is 3.82. The van der Waals surface area contributed by atoms with E-state index in [-0.39, 0.29) is 0 Å². The van der Waals surface area contributed by atoms with Gasteiger partial charge in [-0.05, 0) is 26.3 Å². The van der Waals surface area contributed by atoms with Crippen LogP contribution < -0.4 is 5.32 Å². The number of hydrogen-bond donors (Lipinski definition) is 1. The Morgan fingerprint density at radius 2 is 1.89 bits per heavy atom. The largest absolute Gasteiger partial charge is 0.337 e. The Morgan fingerprint density at radius 3 is 2.44 bits per heavy atom. The van der Waals surface area contributed by atoms with Crippen molar-refractivity contribution in [2.75, 3.05) is 0 Å². The molecule has 0 aliphatic heterocycles. The summed E-state index contributed by atoms with van der Waals surface area (Å²) < 4.78 is 2.04. The van der Waals surface area contributed by atoms with Crippen molar-refractivity contribution in [2.24, 2.45) is 7.05 Å². The molecule has 1 N–H and O–H groups in total. The second kappa shape index (κ2) is 5.36. The Labute approximate surface area is 109 Å². The second-order valence-electron chi connectivity index (χ2n) is 5.02. The van der Waals surface area contributed by atoms with Gasteiger partial charge in [-0.3, -0.25) is 0 Å². The lowest BCUT2D eigenvalue weighted by Gasteiger charge is -2.16. The maximum atomic E-state index is 4.12. The van der Waals surface area contributed by atoms with E-state index in [0.717, 1.165) is 6.54 Å². The van der Waals surface area contributed by atoms with Gasteiger partial charge >= 0.3 is 0 Å². The van der Waals surface area contributed by atoms with E-state index in [4.69, 9.17) is 0 Å². The predicted molar refractivity (Wildman–Crippen MR) is 74.4 cm³/mol. The maximum Gasteiger partial charge on any atom is 0.0945 e. The van der Waals surface area contributed by atoms with E-state index in [1.807, 2.05) is 24.1 Å². The van der Waals surface area contributed by atoms with E-state index < -0.39 is 0 Å². The molecule has 1 atom stereocenters. The van der Waals surface area contributed by atoms with Crippen LogP contribution in [0.4, 0.5) is 0 Å². The molecule has 0 spiro atoms. The highest BCUT2D eigenvalue weighted by Crippen LogP contribution is 2.17. The van der Waals surface area contributed by atoms with Gasteiger partial charge in [0, 0.05) is 25.8 Å². The van der Waals surface area contributed by atoms with Gasteiger partial charge in [0.2, 0.25) is 0 Å². The van der Waals surface area contributed by atoms with Gasteiger partial charge in [0.25, 0.3) is 0 Å². The average Bonchev–Trinajstić information content (AvgIpc) is 2.70. The molecule has 0 fully saturated rings. The Morgan fingerprint density at radius 1 is 1.22 bits per heavy atom. The SMILES string of the molecule is Cc1cc(C)cc(C(C)NCc2cncn2C)c1. The van der Waals surface area contributed by atoms with E-state index in [0.29, 0.717) is 6.04 Å². The standard InChI is InChI=1S/C15H21N3/c1-11-5-12(2)7-14(6-11)13(3)17-9-15-8-16-10-18(15)4/h5-8,10,13,17H,9H2,1-4H3. The number of rotatable bonds is 4. The van der Waals surface area contributed by atoms with Crippen LogP contribution in [0.2, 0.25) is 0 Å². The Bertz CT molecular complexity index is 508. The first-order valence-corrected chi connectivity index (χ1v) is 6.33. The van der Waals surface area contributed by atoms with Crippen LogP contribution in [0.1, 0.15) is 35.3 Å². The monoisotopic (exact) mass is 243 g/mol. The summed E-state index contributed by atoms with van der Waals surface area (Å²) >= 11 is 0. The molecule has 1 aromatic heterocycles. The minimum absolute atomic E-state index is 0.346. The number of hydrogen-bond acceptors (Lipinski definition) is 2. The van der Waals surface area contributed by atoms with E-state index in [9.17, 15) is 0 Å². The third-order valence-electron chi connectivity index (χ3n) is 3.25. The summed E-state index contributed by atoms with van der Waals surface area (Å²) in [4.78, 5) is 4.12. The van der Waals surface area contributed by atoms with Crippen LogP contribution in [0.3, 0.4) is 0 Å². The van der Waals surface area contributed by atoms with Gasteiger partial charge in [-0.25, -0.2) is 4.98 Å². The van der Waals surface area contributed by atoms with Gasteiger partial charge in [-0.15, -0.1) is 0 Å². The molecule has 0 radical (unpaired) electrons. The van der Waals surface area contributed by atoms with E-state index in [2.05, 4.69) is 49.3 Å². The van der Waals surface area contributed by atoms with Crippen LogP contribution in [0.15, 0.2) is 30.7 Å². The molecule has 2 aromatic rings. The topological polar surface area (TPSA) is 29.9 Å². The van der Waals surface area contributed by atoms with Crippen molar-refractivity contribution in [3.8, 4) is 0 Å². The zero-order valence-corrected chi connectivity index (χ0v) is 11.6. The van der Waals surface area contributed by atoms with Gasteiger partial charge in [0.1, 0.15) is 0 Å². The molecule has 0 aliphatic rings. The van der Waals surface area contributed by atoms with E-state index >= 15 is 0 Å². The molecule has 1 aromatic carbocycles. The number of imidazole rings is 1. The van der Waals surface area contributed by atoms with Crippen molar-refractivity contribution in [2.45, 2.75) is 33.4 Å². The quantitative estimate of drug-likeness (QED) is 0.895. The van der Waals surface area contributed by atoms with Crippen LogP contribution in [0, 0.1) is 13.8 Å². The fourth-order valence-electron chi connectivity index (χ4n) is 2.19. The number of aromatic nitrogens is 2. The van der Waals surface area contributed by atoms with Gasteiger partial charge < -0.3 is 9.88 Å². The normalized spacial score (nSPS) is 12.7. The Balaban J connectivity index is 2.03. The van der Waals surface area contributed by atoms with Crippen LogP contribution in [0.5, 0.6) is 0 Å². The molecule has 2 rings (SSSR count). The first kappa shape index (κ1) is 12.8. The number of aryl methyl sites for hydroxylation is 3. The second-order valence-corrected chi connectivity index (χ2v) is 5.02. The molecule has 0 saturated carbocycles. The van der Waals surface area contributed by atoms with Gasteiger partial charge in [-0.1, -0.05) is 29.3 Å². The van der Waals surface area contributed by atoms with Crippen molar-refractivity contribution >= 4 is 0 Å². The molecule has 3 nitrogen and oxygen atoms in total. The fourth-order valence-corrected chi connectivity index (χ4v) is 2.19. The summed E-state index contributed by atoms with van der Waals surface area (Å²) in [6.45, 7) is 7.32. The molecule has 0 amide bonds. The molecule has 1 unspecified atom stereocenters. The van der Waals surface area contributed by atoms with Gasteiger partial charge in [0.05, 0.1) is 12.0 Å². The highest BCUT2D eigenvalue weighted by Gasteiger charge is 2.07. The molecular formula is C15H21N3. The summed E-state index contributed by atoms with van der Waals surface area (Å²) in [5.74, 6) is 0. The minimum atomic E-state index is 0.346. The third-order valence-corrected chi connectivity index (χ3v) is 3.25. The number of benzene rings is 1. The van der Waals surface area contributed by atoms with Crippen LogP contribution in [-0.4, -0.2) is 9.55 Å². The van der Waals surface area contributed by atoms with Gasteiger partial charge in [0.15, 0.2) is 0 Å². The molecule has 0 bridgehead atoms. The smallest absolute Gasteiger partial charge is 0.0945 e. The van der Waals surface area contributed by atoms with Crippen LogP contribution >= 0.6 is 0 Å². The number of nitrogens with zero attached hydrogens (tertiary/aromatic N) is 2. The molecule has 96 valence electrons. The fraction of sp³-hybridized carbons (Fsp3) is 0.400. The lowest BCUT2D eigenvalue weighted by atomic mass is 10.0. The van der Waals surface area contributed by atoms with Crippen LogP contribution in [-0.2, 0) is 13.6 Å². The zero-order chi connectivity index (χ0) is 13.1. The first-order valence-electron chi connectivity index (χ1n) is 6.33. The van der Waals surface area contributed by atoms with Crippen molar-refractivity contribution in [3.63, 3.8) is 0 Å². The molecule has 0 saturated heterocycles. The lowest BCUT2D eigenvalue weighted by Crippen LogP contribution is -2.19. The average molecular weight is 243 g/mol.